The number of rotatable bonds is 7. The van der Waals surface area contributed by atoms with Crippen LogP contribution in [-0.4, -0.2) is 18.9 Å². The van der Waals surface area contributed by atoms with Gasteiger partial charge in [0.1, 0.15) is 11.5 Å². The van der Waals surface area contributed by atoms with Gasteiger partial charge in [0.2, 0.25) is 0 Å². The molecule has 0 heterocycles. The van der Waals surface area contributed by atoms with Gasteiger partial charge in [-0.2, -0.15) is 0 Å². The highest BCUT2D eigenvalue weighted by molar-refractivity contribution is 5.81. The van der Waals surface area contributed by atoms with Crippen LogP contribution >= 0.6 is 0 Å². The molecule has 0 unspecified atom stereocenters. The molecule has 0 aromatic heterocycles. The van der Waals surface area contributed by atoms with E-state index in [1.165, 1.54) is 0 Å². The molecule has 0 aromatic rings. The van der Waals surface area contributed by atoms with Crippen LogP contribution in [0.3, 0.4) is 0 Å². The molecular weight excluding hydrogens is 244 g/mol. The average molecular weight is 260 g/mol. The summed E-state index contributed by atoms with van der Waals surface area (Å²) in [5, 5.41) is 0. The molecule has 100 valence electrons. The van der Waals surface area contributed by atoms with Crippen molar-refractivity contribution in [1.82, 2.24) is 0 Å². The molecule has 2 aliphatic rings. The van der Waals surface area contributed by atoms with E-state index < -0.39 is 12.3 Å². The fraction of sp³-hybridized carbons (Fsp3) is 0.267. The zero-order valence-electron chi connectivity index (χ0n) is 10.6. The summed E-state index contributed by atoms with van der Waals surface area (Å²) in [6.07, 6.45) is 13.5. The molecule has 0 saturated carbocycles. The van der Waals surface area contributed by atoms with E-state index in [1.807, 2.05) is 36.5 Å². The van der Waals surface area contributed by atoms with Crippen molar-refractivity contribution in [2.45, 2.75) is 19.1 Å². The highest BCUT2D eigenvalue weighted by Crippen LogP contribution is 2.20. The second-order valence-corrected chi connectivity index (χ2v) is 4.03. The number of ether oxygens (including phenoxy) is 3. The second kappa shape index (κ2) is 6.64. The minimum Gasteiger partial charge on any atom is -0.455 e. The van der Waals surface area contributed by atoms with E-state index >= 15 is 0 Å². The zero-order valence-corrected chi connectivity index (χ0v) is 10.6. The van der Waals surface area contributed by atoms with E-state index in [0.29, 0.717) is 0 Å². The largest absolute Gasteiger partial charge is 0.455 e. The zero-order chi connectivity index (χ0) is 13.5. The van der Waals surface area contributed by atoms with E-state index in [2.05, 4.69) is 6.58 Å². The van der Waals surface area contributed by atoms with Crippen molar-refractivity contribution < 1.29 is 19.0 Å². The molecule has 0 aromatic carbocycles. The van der Waals surface area contributed by atoms with E-state index in [4.69, 9.17) is 14.2 Å². The Morgan fingerprint density at radius 3 is 2.21 bits per heavy atom. The minimum atomic E-state index is -0.638. The highest BCUT2D eigenvalue weighted by atomic mass is 16.7. The lowest BCUT2D eigenvalue weighted by Crippen LogP contribution is -2.24. The Labute approximate surface area is 112 Å². The quantitative estimate of drug-likeness (QED) is 0.401. The third-order valence-electron chi connectivity index (χ3n) is 2.57. The van der Waals surface area contributed by atoms with Gasteiger partial charge in [0.15, 0.2) is 6.61 Å². The summed E-state index contributed by atoms with van der Waals surface area (Å²) in [6.45, 7) is 3.37. The monoisotopic (exact) mass is 260 g/mol. The molecule has 19 heavy (non-hydrogen) atoms. The lowest BCUT2D eigenvalue weighted by atomic mass is 10.4. The molecule has 0 radical (unpaired) electrons. The summed E-state index contributed by atoms with van der Waals surface area (Å²) >= 11 is 0. The van der Waals surface area contributed by atoms with Gasteiger partial charge in [-0.1, -0.05) is 30.9 Å². The van der Waals surface area contributed by atoms with Crippen molar-refractivity contribution in [3.8, 4) is 0 Å². The Kier molecular flexibility index (Phi) is 4.61. The summed E-state index contributed by atoms with van der Waals surface area (Å²) < 4.78 is 16.3. The average Bonchev–Trinajstić information content (AvgIpc) is 3.08. The molecule has 0 aliphatic heterocycles. The Bertz CT molecular complexity index is 437. The molecule has 0 bridgehead atoms. The van der Waals surface area contributed by atoms with Crippen LogP contribution in [0.4, 0.5) is 0 Å². The standard InChI is InChI=1S/C15H16O4/c1-2-14(16)17-11-15(18-12-7-3-4-8-12)19-13-9-5-6-10-13/h2-7,9,15H,1,8,10-11H2. The van der Waals surface area contributed by atoms with Gasteiger partial charge < -0.3 is 14.2 Å². The normalized spacial score (nSPS) is 16.3. The Hall–Kier alpha value is -2.23. The van der Waals surface area contributed by atoms with Crippen LogP contribution in [-0.2, 0) is 19.0 Å². The smallest absolute Gasteiger partial charge is 0.330 e. The topological polar surface area (TPSA) is 44.8 Å². The van der Waals surface area contributed by atoms with Gasteiger partial charge in [-0.15, -0.1) is 0 Å². The van der Waals surface area contributed by atoms with Crippen molar-refractivity contribution in [2.24, 2.45) is 0 Å². The SMILES string of the molecule is C=CC(=O)OCC(OC1=CC=CC1)OC1=CC=CC1. The fourth-order valence-corrected chi connectivity index (χ4v) is 1.67. The molecular formula is C15H16O4. The molecule has 0 N–H and O–H groups in total. The molecule has 0 saturated heterocycles. The second-order valence-electron chi connectivity index (χ2n) is 4.03. The van der Waals surface area contributed by atoms with Crippen LogP contribution in [0.1, 0.15) is 12.8 Å². The lowest BCUT2D eigenvalue weighted by molar-refractivity contribution is -0.157. The number of hydrogen-bond acceptors (Lipinski definition) is 4. The third kappa shape index (κ3) is 4.17. The molecule has 4 heteroatoms. The van der Waals surface area contributed by atoms with Crippen molar-refractivity contribution in [1.29, 1.82) is 0 Å². The van der Waals surface area contributed by atoms with Gasteiger partial charge in [-0.3, -0.25) is 0 Å². The van der Waals surface area contributed by atoms with Crippen LogP contribution in [0.15, 0.2) is 60.6 Å². The first-order valence-corrected chi connectivity index (χ1v) is 6.12. The Balaban J connectivity index is 1.87. The van der Waals surface area contributed by atoms with Crippen LogP contribution < -0.4 is 0 Å². The first kappa shape index (κ1) is 13.2. The minimum absolute atomic E-state index is 0.0273. The Morgan fingerprint density at radius 1 is 1.21 bits per heavy atom. The number of carbonyl (C=O) groups excluding carboxylic acids is 1. The van der Waals surface area contributed by atoms with Crippen molar-refractivity contribution >= 4 is 5.97 Å². The summed E-state index contributed by atoms with van der Waals surface area (Å²) in [4.78, 5) is 11.1. The maximum Gasteiger partial charge on any atom is 0.330 e. The molecule has 0 atom stereocenters. The molecule has 0 amide bonds. The van der Waals surface area contributed by atoms with Crippen LogP contribution in [0.2, 0.25) is 0 Å². The summed E-state index contributed by atoms with van der Waals surface area (Å²) in [6, 6.07) is 0. The van der Waals surface area contributed by atoms with E-state index in [9.17, 15) is 4.79 Å². The fourth-order valence-electron chi connectivity index (χ4n) is 1.67. The van der Waals surface area contributed by atoms with Gasteiger partial charge in [0, 0.05) is 18.9 Å². The van der Waals surface area contributed by atoms with Crippen LogP contribution in [0.5, 0.6) is 0 Å². The number of hydrogen-bond donors (Lipinski definition) is 0. The van der Waals surface area contributed by atoms with Crippen molar-refractivity contribution in [3.05, 3.63) is 60.6 Å². The molecule has 0 spiro atoms. The number of carbonyl (C=O) groups is 1. The molecule has 2 rings (SSSR count). The third-order valence-corrected chi connectivity index (χ3v) is 2.57. The molecule has 4 nitrogen and oxygen atoms in total. The molecule has 2 aliphatic carbocycles. The van der Waals surface area contributed by atoms with E-state index in [0.717, 1.165) is 30.4 Å². The predicted octanol–water partition coefficient (Wildman–Crippen LogP) is 2.76. The molecule has 0 fully saturated rings. The maximum atomic E-state index is 11.1. The highest BCUT2D eigenvalue weighted by Gasteiger charge is 2.18. The number of allylic oxidation sites excluding steroid dienone is 6. The van der Waals surface area contributed by atoms with Crippen molar-refractivity contribution in [3.63, 3.8) is 0 Å². The van der Waals surface area contributed by atoms with E-state index in [1.54, 1.807) is 0 Å². The van der Waals surface area contributed by atoms with E-state index in [-0.39, 0.29) is 6.61 Å². The summed E-state index contributed by atoms with van der Waals surface area (Å²) in [5.41, 5.74) is 0. The maximum absolute atomic E-state index is 11.1. The predicted molar refractivity (Wildman–Crippen MR) is 70.8 cm³/mol. The van der Waals surface area contributed by atoms with Gasteiger partial charge in [-0.05, 0) is 12.2 Å². The van der Waals surface area contributed by atoms with Gasteiger partial charge >= 0.3 is 5.97 Å². The Morgan fingerprint density at radius 2 is 1.79 bits per heavy atom. The van der Waals surface area contributed by atoms with Gasteiger partial charge in [0.05, 0.1) is 0 Å². The van der Waals surface area contributed by atoms with Gasteiger partial charge in [0.25, 0.3) is 6.29 Å². The first-order chi connectivity index (χ1) is 9.28. The van der Waals surface area contributed by atoms with Crippen LogP contribution in [0.25, 0.3) is 0 Å². The first-order valence-electron chi connectivity index (χ1n) is 6.12. The number of esters is 1. The van der Waals surface area contributed by atoms with Crippen molar-refractivity contribution in [2.75, 3.05) is 6.61 Å². The summed E-state index contributed by atoms with van der Waals surface area (Å²) in [7, 11) is 0. The lowest BCUT2D eigenvalue weighted by Gasteiger charge is -2.21. The summed E-state index contributed by atoms with van der Waals surface area (Å²) in [5.74, 6) is 1.10. The van der Waals surface area contributed by atoms with Crippen LogP contribution in [0, 0.1) is 0 Å². The van der Waals surface area contributed by atoms with Gasteiger partial charge in [-0.25, -0.2) is 4.79 Å².